The summed E-state index contributed by atoms with van der Waals surface area (Å²) in [6.07, 6.45) is 1.10. The van der Waals surface area contributed by atoms with Crippen LogP contribution in [0.15, 0.2) is 42.5 Å². The summed E-state index contributed by atoms with van der Waals surface area (Å²) in [5.74, 6) is -0.476. The molecule has 0 fully saturated rings. The number of rotatable bonds is 4. The number of hydrogen-bond donors (Lipinski definition) is 0. The second-order valence-electron chi connectivity index (χ2n) is 4.31. The van der Waals surface area contributed by atoms with E-state index >= 15 is 0 Å². The standard InChI is InChI=1S/C15H15NO2/c1-16(15(18)11-17)9-8-12-6-7-13-4-2-3-5-14(13)10-12/h2-7,10-11H,8-9H2,1H3. The van der Waals surface area contributed by atoms with Crippen LogP contribution in [0, 0.1) is 0 Å². The highest BCUT2D eigenvalue weighted by molar-refractivity contribution is 6.23. The van der Waals surface area contributed by atoms with Crippen molar-refractivity contribution in [3.8, 4) is 0 Å². The maximum atomic E-state index is 11.1. The Morgan fingerprint density at radius 1 is 1.17 bits per heavy atom. The summed E-state index contributed by atoms with van der Waals surface area (Å²) in [6, 6.07) is 14.4. The van der Waals surface area contributed by atoms with Crippen molar-refractivity contribution in [1.29, 1.82) is 0 Å². The Balaban J connectivity index is 2.08. The van der Waals surface area contributed by atoms with Crippen molar-refractivity contribution in [2.24, 2.45) is 0 Å². The summed E-state index contributed by atoms with van der Waals surface area (Å²) in [6.45, 7) is 0.552. The summed E-state index contributed by atoms with van der Waals surface area (Å²) in [4.78, 5) is 22.9. The first kappa shape index (κ1) is 12.3. The van der Waals surface area contributed by atoms with Crippen molar-refractivity contribution < 1.29 is 9.59 Å². The number of carbonyl (C=O) groups excluding carboxylic acids is 2. The highest BCUT2D eigenvalue weighted by Crippen LogP contribution is 2.15. The van der Waals surface area contributed by atoms with Crippen LogP contribution in [-0.4, -0.2) is 30.7 Å². The average molecular weight is 241 g/mol. The largest absolute Gasteiger partial charge is 0.339 e. The highest BCUT2D eigenvalue weighted by Gasteiger charge is 2.06. The number of nitrogens with zero attached hydrogens (tertiary/aromatic N) is 1. The Morgan fingerprint density at radius 2 is 1.89 bits per heavy atom. The highest BCUT2D eigenvalue weighted by atomic mass is 16.2. The van der Waals surface area contributed by atoms with Gasteiger partial charge in [0.1, 0.15) is 0 Å². The Hall–Kier alpha value is -2.16. The molecule has 92 valence electrons. The van der Waals surface area contributed by atoms with E-state index < -0.39 is 5.91 Å². The molecule has 0 saturated carbocycles. The van der Waals surface area contributed by atoms with Gasteiger partial charge >= 0.3 is 0 Å². The minimum atomic E-state index is -0.476. The fourth-order valence-corrected chi connectivity index (χ4v) is 1.89. The van der Waals surface area contributed by atoms with Crippen molar-refractivity contribution in [3.05, 3.63) is 48.0 Å². The molecular weight excluding hydrogens is 226 g/mol. The summed E-state index contributed by atoms with van der Waals surface area (Å²) < 4.78 is 0. The Labute approximate surface area is 106 Å². The first-order valence-corrected chi connectivity index (χ1v) is 5.88. The lowest BCUT2D eigenvalue weighted by Crippen LogP contribution is -2.29. The van der Waals surface area contributed by atoms with Crippen LogP contribution in [0.5, 0.6) is 0 Å². The number of fused-ring (bicyclic) bond motifs is 1. The SMILES string of the molecule is CN(CCc1ccc2ccccc2c1)C(=O)C=O. The third-order valence-corrected chi connectivity index (χ3v) is 3.03. The van der Waals surface area contributed by atoms with Crippen molar-refractivity contribution in [3.63, 3.8) is 0 Å². The van der Waals surface area contributed by atoms with E-state index in [1.165, 1.54) is 21.2 Å². The van der Waals surface area contributed by atoms with Crippen molar-refractivity contribution in [1.82, 2.24) is 4.90 Å². The lowest BCUT2D eigenvalue weighted by atomic mass is 10.1. The zero-order valence-electron chi connectivity index (χ0n) is 10.3. The molecule has 0 atom stereocenters. The zero-order valence-corrected chi connectivity index (χ0v) is 10.3. The normalized spacial score (nSPS) is 10.3. The molecular formula is C15H15NO2. The molecule has 0 bridgehead atoms. The molecule has 0 radical (unpaired) electrons. The molecule has 0 aliphatic rings. The minimum Gasteiger partial charge on any atom is -0.339 e. The number of amides is 1. The Bertz CT molecular complexity index is 577. The third-order valence-electron chi connectivity index (χ3n) is 3.03. The molecule has 2 aromatic rings. The van der Waals surface area contributed by atoms with Gasteiger partial charge in [-0.1, -0.05) is 42.5 Å². The van der Waals surface area contributed by atoms with Gasteiger partial charge in [-0.2, -0.15) is 0 Å². The molecule has 0 heterocycles. The number of hydrogen-bond acceptors (Lipinski definition) is 2. The zero-order chi connectivity index (χ0) is 13.0. The van der Waals surface area contributed by atoms with E-state index in [-0.39, 0.29) is 0 Å². The molecule has 0 aromatic heterocycles. The van der Waals surface area contributed by atoms with Gasteiger partial charge in [0, 0.05) is 13.6 Å². The topological polar surface area (TPSA) is 37.4 Å². The van der Waals surface area contributed by atoms with Crippen LogP contribution in [0.4, 0.5) is 0 Å². The lowest BCUT2D eigenvalue weighted by molar-refractivity contribution is -0.137. The predicted molar refractivity (Wildman–Crippen MR) is 71.4 cm³/mol. The minimum absolute atomic E-state index is 0.348. The van der Waals surface area contributed by atoms with Gasteiger partial charge in [0.25, 0.3) is 5.91 Å². The van der Waals surface area contributed by atoms with Gasteiger partial charge in [-0.25, -0.2) is 0 Å². The molecule has 3 nitrogen and oxygen atoms in total. The van der Waals surface area contributed by atoms with E-state index in [2.05, 4.69) is 30.3 Å². The van der Waals surface area contributed by atoms with Gasteiger partial charge in [-0.05, 0) is 22.8 Å². The summed E-state index contributed by atoms with van der Waals surface area (Å²) in [5, 5.41) is 2.40. The van der Waals surface area contributed by atoms with Crippen molar-refractivity contribution in [2.45, 2.75) is 6.42 Å². The van der Waals surface area contributed by atoms with Crippen LogP contribution in [0.2, 0.25) is 0 Å². The summed E-state index contributed by atoms with van der Waals surface area (Å²) in [7, 11) is 1.64. The fourth-order valence-electron chi connectivity index (χ4n) is 1.89. The fraction of sp³-hybridized carbons (Fsp3) is 0.200. The van der Waals surface area contributed by atoms with Crippen molar-refractivity contribution in [2.75, 3.05) is 13.6 Å². The van der Waals surface area contributed by atoms with Gasteiger partial charge in [-0.3, -0.25) is 9.59 Å². The molecule has 1 amide bonds. The molecule has 18 heavy (non-hydrogen) atoms. The quantitative estimate of drug-likeness (QED) is 0.607. The van der Waals surface area contributed by atoms with E-state index in [0.717, 1.165) is 6.42 Å². The monoisotopic (exact) mass is 241 g/mol. The first-order valence-electron chi connectivity index (χ1n) is 5.88. The number of aldehydes is 1. The first-order chi connectivity index (χ1) is 8.70. The van der Waals surface area contributed by atoms with Gasteiger partial charge in [-0.15, -0.1) is 0 Å². The maximum absolute atomic E-state index is 11.1. The van der Waals surface area contributed by atoms with E-state index in [1.54, 1.807) is 7.05 Å². The van der Waals surface area contributed by atoms with Gasteiger partial charge in [0.05, 0.1) is 0 Å². The van der Waals surface area contributed by atoms with Crippen LogP contribution < -0.4 is 0 Å². The average Bonchev–Trinajstić information content (AvgIpc) is 2.43. The summed E-state index contributed by atoms with van der Waals surface area (Å²) in [5.41, 5.74) is 1.17. The number of carbonyl (C=O) groups is 2. The molecule has 0 spiro atoms. The molecule has 0 unspecified atom stereocenters. The van der Waals surface area contributed by atoms with Crippen LogP contribution in [-0.2, 0) is 16.0 Å². The van der Waals surface area contributed by atoms with Gasteiger partial charge < -0.3 is 4.90 Å². The number of likely N-dealkylation sites (N-methyl/N-ethyl adjacent to an activating group) is 1. The second kappa shape index (κ2) is 5.45. The Kier molecular flexibility index (Phi) is 3.72. The van der Waals surface area contributed by atoms with Crippen LogP contribution in [0.1, 0.15) is 5.56 Å². The van der Waals surface area contributed by atoms with E-state index in [4.69, 9.17) is 0 Å². The molecule has 0 N–H and O–H groups in total. The van der Waals surface area contributed by atoms with Crippen LogP contribution in [0.25, 0.3) is 10.8 Å². The second-order valence-corrected chi connectivity index (χ2v) is 4.31. The van der Waals surface area contributed by atoms with E-state index in [0.29, 0.717) is 12.8 Å². The smallest absolute Gasteiger partial charge is 0.286 e. The Morgan fingerprint density at radius 3 is 2.61 bits per heavy atom. The molecule has 3 heteroatoms. The molecule has 0 aliphatic heterocycles. The third kappa shape index (κ3) is 2.74. The van der Waals surface area contributed by atoms with Gasteiger partial charge in [0.2, 0.25) is 6.29 Å². The molecule has 0 aliphatic carbocycles. The molecule has 0 saturated heterocycles. The number of benzene rings is 2. The van der Waals surface area contributed by atoms with Gasteiger partial charge in [0.15, 0.2) is 0 Å². The molecule has 2 rings (SSSR count). The van der Waals surface area contributed by atoms with E-state index in [1.807, 2.05) is 12.1 Å². The van der Waals surface area contributed by atoms with E-state index in [9.17, 15) is 9.59 Å². The van der Waals surface area contributed by atoms with Crippen molar-refractivity contribution >= 4 is 23.0 Å². The van der Waals surface area contributed by atoms with Crippen LogP contribution >= 0.6 is 0 Å². The van der Waals surface area contributed by atoms with Crippen LogP contribution in [0.3, 0.4) is 0 Å². The maximum Gasteiger partial charge on any atom is 0.286 e. The molecule has 2 aromatic carbocycles. The summed E-state index contributed by atoms with van der Waals surface area (Å²) >= 11 is 0. The lowest BCUT2D eigenvalue weighted by Gasteiger charge is -2.13. The predicted octanol–water partition coefficient (Wildman–Crippen LogP) is 2.04.